The number of carbonyl (C=O) groups excluding carboxylic acids is 1. The first-order valence-corrected chi connectivity index (χ1v) is 10.6. The van der Waals surface area contributed by atoms with Crippen LogP contribution in [0.2, 0.25) is 0 Å². The number of amides is 1. The third-order valence-corrected chi connectivity index (χ3v) is 6.22. The fourth-order valence-corrected chi connectivity index (χ4v) is 4.34. The molecule has 2 aromatic carbocycles. The molecular weight excluding hydrogens is 395 g/mol. The number of nitrogens with zero attached hydrogens (tertiary/aromatic N) is 2. The molecule has 0 atom stereocenters. The number of carbonyl (C=O) groups is 1. The van der Waals surface area contributed by atoms with Gasteiger partial charge in [-0.2, -0.15) is 0 Å². The Kier molecular flexibility index (Phi) is 4.81. The molecular formula is C24H23FN4O2. The number of rotatable bonds is 3. The van der Waals surface area contributed by atoms with E-state index >= 15 is 0 Å². The van der Waals surface area contributed by atoms with Crippen LogP contribution in [0.15, 0.2) is 53.5 Å². The molecule has 31 heavy (non-hydrogen) atoms. The topological polar surface area (TPSA) is 79.8 Å². The monoisotopic (exact) mass is 418 g/mol. The van der Waals surface area contributed by atoms with E-state index in [0.717, 1.165) is 31.6 Å². The van der Waals surface area contributed by atoms with Crippen molar-refractivity contribution in [1.82, 2.24) is 20.1 Å². The fourth-order valence-electron chi connectivity index (χ4n) is 4.34. The number of aromatic nitrogens is 3. The summed E-state index contributed by atoms with van der Waals surface area (Å²) in [6.07, 6.45) is 5.79. The van der Waals surface area contributed by atoms with Crippen LogP contribution in [0.3, 0.4) is 0 Å². The Hall–Kier alpha value is -3.48. The van der Waals surface area contributed by atoms with Crippen molar-refractivity contribution >= 4 is 27.7 Å². The van der Waals surface area contributed by atoms with Crippen molar-refractivity contribution in [2.45, 2.75) is 38.6 Å². The van der Waals surface area contributed by atoms with Gasteiger partial charge in [0, 0.05) is 23.2 Å². The maximum atomic E-state index is 13.3. The van der Waals surface area contributed by atoms with Gasteiger partial charge in [0.1, 0.15) is 5.82 Å². The van der Waals surface area contributed by atoms with E-state index in [1.807, 2.05) is 0 Å². The summed E-state index contributed by atoms with van der Waals surface area (Å²) in [6.45, 7) is 2.25. The molecule has 2 heterocycles. The van der Waals surface area contributed by atoms with Gasteiger partial charge in [0.15, 0.2) is 0 Å². The smallest absolute Gasteiger partial charge is 0.280 e. The van der Waals surface area contributed by atoms with Gasteiger partial charge in [-0.25, -0.2) is 9.07 Å². The maximum absolute atomic E-state index is 13.3. The molecule has 5 rings (SSSR count). The minimum absolute atomic E-state index is 0.112. The van der Waals surface area contributed by atoms with E-state index in [1.54, 1.807) is 18.2 Å². The standard InChI is InChI=1S/C24H23FN4O2/c1-14-2-7-17(8-3-14)27-23(30)15-4-11-21-19(12-15)22-20(13-26-21)24(31)29(28-22)18-9-5-16(25)6-10-18/h4-6,9-14,17,28H,2-3,7-8H2,1H3,(H,27,30). The van der Waals surface area contributed by atoms with Crippen LogP contribution in [-0.2, 0) is 0 Å². The van der Waals surface area contributed by atoms with Gasteiger partial charge in [0.25, 0.3) is 11.5 Å². The summed E-state index contributed by atoms with van der Waals surface area (Å²) >= 11 is 0. The molecule has 1 aliphatic carbocycles. The molecule has 4 aromatic rings. The molecule has 0 radical (unpaired) electrons. The predicted molar refractivity (Wildman–Crippen MR) is 118 cm³/mol. The Balaban J connectivity index is 1.53. The van der Waals surface area contributed by atoms with Gasteiger partial charge in [-0.15, -0.1) is 0 Å². The molecule has 1 saturated carbocycles. The molecule has 1 fully saturated rings. The van der Waals surface area contributed by atoms with E-state index < -0.39 is 0 Å². The van der Waals surface area contributed by atoms with Gasteiger partial charge in [-0.1, -0.05) is 6.92 Å². The number of halogens is 1. The van der Waals surface area contributed by atoms with Crippen molar-refractivity contribution in [1.29, 1.82) is 0 Å². The lowest BCUT2D eigenvalue weighted by molar-refractivity contribution is 0.0923. The summed E-state index contributed by atoms with van der Waals surface area (Å²) < 4.78 is 14.6. The molecule has 158 valence electrons. The van der Waals surface area contributed by atoms with E-state index in [-0.39, 0.29) is 23.3 Å². The summed E-state index contributed by atoms with van der Waals surface area (Å²) in [6, 6.07) is 11.2. The van der Waals surface area contributed by atoms with E-state index in [9.17, 15) is 14.0 Å². The number of hydrogen-bond acceptors (Lipinski definition) is 3. The lowest BCUT2D eigenvalue weighted by Crippen LogP contribution is -2.37. The second-order valence-corrected chi connectivity index (χ2v) is 8.44. The van der Waals surface area contributed by atoms with Gasteiger partial charge < -0.3 is 5.32 Å². The minimum Gasteiger partial charge on any atom is -0.349 e. The Morgan fingerprint density at radius 2 is 1.84 bits per heavy atom. The molecule has 0 unspecified atom stereocenters. The van der Waals surface area contributed by atoms with Gasteiger partial charge in [0.2, 0.25) is 0 Å². The second kappa shape index (κ2) is 7.65. The average Bonchev–Trinajstić information content (AvgIpc) is 3.12. The van der Waals surface area contributed by atoms with Crippen molar-refractivity contribution in [3.63, 3.8) is 0 Å². The van der Waals surface area contributed by atoms with Crippen molar-refractivity contribution in [3.8, 4) is 5.69 Å². The van der Waals surface area contributed by atoms with E-state index in [4.69, 9.17) is 0 Å². The van der Waals surface area contributed by atoms with Gasteiger partial charge in [-0.3, -0.25) is 19.7 Å². The molecule has 6 nitrogen and oxygen atoms in total. The van der Waals surface area contributed by atoms with Crippen LogP contribution >= 0.6 is 0 Å². The first-order valence-electron chi connectivity index (χ1n) is 10.6. The molecule has 7 heteroatoms. The van der Waals surface area contributed by atoms with Crippen LogP contribution in [0.5, 0.6) is 0 Å². The highest BCUT2D eigenvalue weighted by Gasteiger charge is 2.21. The molecule has 0 aliphatic heterocycles. The highest BCUT2D eigenvalue weighted by molar-refractivity contribution is 6.06. The third-order valence-electron chi connectivity index (χ3n) is 6.22. The van der Waals surface area contributed by atoms with E-state index in [2.05, 4.69) is 22.3 Å². The third kappa shape index (κ3) is 3.60. The molecule has 2 N–H and O–H groups in total. The Labute approximate surface area is 178 Å². The summed E-state index contributed by atoms with van der Waals surface area (Å²) in [5, 5.41) is 7.36. The predicted octanol–water partition coefficient (Wildman–Crippen LogP) is 4.31. The van der Waals surface area contributed by atoms with Crippen molar-refractivity contribution < 1.29 is 9.18 Å². The van der Waals surface area contributed by atoms with Crippen LogP contribution in [-0.4, -0.2) is 26.7 Å². The van der Waals surface area contributed by atoms with Crippen LogP contribution < -0.4 is 10.9 Å². The number of benzene rings is 2. The quantitative estimate of drug-likeness (QED) is 0.520. The first kappa shape index (κ1) is 19.5. The number of H-pyrrole nitrogens is 1. The Morgan fingerprint density at radius 3 is 2.58 bits per heavy atom. The van der Waals surface area contributed by atoms with Crippen molar-refractivity contribution in [2.24, 2.45) is 5.92 Å². The maximum Gasteiger partial charge on any atom is 0.280 e. The largest absolute Gasteiger partial charge is 0.349 e. The zero-order valence-corrected chi connectivity index (χ0v) is 17.2. The minimum atomic E-state index is -0.372. The number of hydrogen-bond donors (Lipinski definition) is 2. The van der Waals surface area contributed by atoms with E-state index in [0.29, 0.717) is 33.1 Å². The zero-order chi connectivity index (χ0) is 21.5. The molecule has 1 aliphatic rings. The zero-order valence-electron chi connectivity index (χ0n) is 17.2. The van der Waals surface area contributed by atoms with Crippen LogP contribution in [0, 0.1) is 11.7 Å². The second-order valence-electron chi connectivity index (χ2n) is 8.44. The molecule has 0 bridgehead atoms. The first-order chi connectivity index (χ1) is 15.0. The average molecular weight is 418 g/mol. The summed E-state index contributed by atoms with van der Waals surface area (Å²) in [4.78, 5) is 30.1. The number of aromatic amines is 1. The van der Waals surface area contributed by atoms with Gasteiger partial charge in [0.05, 0.1) is 22.1 Å². The molecule has 0 spiro atoms. The van der Waals surface area contributed by atoms with Gasteiger partial charge >= 0.3 is 0 Å². The SMILES string of the molecule is CC1CCC(NC(=O)c2ccc3ncc4c(=O)n(-c5ccc(F)cc5)[nH]c4c3c2)CC1. The molecule has 2 aromatic heterocycles. The highest BCUT2D eigenvalue weighted by atomic mass is 19.1. The fraction of sp³-hybridized carbons (Fsp3) is 0.292. The number of pyridine rings is 1. The highest BCUT2D eigenvalue weighted by Crippen LogP contribution is 2.25. The van der Waals surface area contributed by atoms with Crippen LogP contribution in [0.25, 0.3) is 27.5 Å². The number of nitrogens with one attached hydrogen (secondary N) is 2. The normalized spacial score (nSPS) is 19.0. The summed E-state index contributed by atoms with van der Waals surface area (Å²) in [7, 11) is 0. The summed E-state index contributed by atoms with van der Waals surface area (Å²) in [5.41, 5.74) is 2.07. The van der Waals surface area contributed by atoms with Gasteiger partial charge in [-0.05, 0) is 74.1 Å². The van der Waals surface area contributed by atoms with E-state index in [1.165, 1.54) is 35.1 Å². The Morgan fingerprint density at radius 1 is 1.10 bits per heavy atom. The summed E-state index contributed by atoms with van der Waals surface area (Å²) in [5.74, 6) is 0.233. The molecule has 0 saturated heterocycles. The van der Waals surface area contributed by atoms with Crippen LogP contribution in [0.4, 0.5) is 4.39 Å². The number of fused-ring (bicyclic) bond motifs is 3. The lowest BCUT2D eigenvalue weighted by Gasteiger charge is -2.26. The Bertz CT molecular complexity index is 1330. The molecule has 1 amide bonds. The lowest BCUT2D eigenvalue weighted by atomic mass is 9.87. The van der Waals surface area contributed by atoms with Crippen molar-refractivity contribution in [2.75, 3.05) is 0 Å². The van der Waals surface area contributed by atoms with Crippen LogP contribution in [0.1, 0.15) is 43.0 Å². The van der Waals surface area contributed by atoms with Crippen molar-refractivity contribution in [3.05, 3.63) is 70.4 Å².